The molecule has 1 aliphatic heterocycles. The lowest BCUT2D eigenvalue weighted by Crippen LogP contribution is -2.37. The minimum Gasteiger partial charge on any atom is -0.478 e. The van der Waals surface area contributed by atoms with Crippen LogP contribution < -0.4 is 14.8 Å². The van der Waals surface area contributed by atoms with Gasteiger partial charge in [0, 0.05) is 6.54 Å². The molecule has 0 aliphatic carbocycles. The molecule has 0 saturated heterocycles. The number of carbonyl (C=O) groups excluding carboxylic acids is 1. The van der Waals surface area contributed by atoms with Crippen molar-refractivity contribution < 1.29 is 23.1 Å². The minimum absolute atomic E-state index is 0.00982. The zero-order chi connectivity index (χ0) is 16.2. The SMILES string of the molecule is CCCCC1Oc2ccc(S(=O)(=O)NCCO)cc2NC1=O. The Kier molecular flexibility index (Phi) is 5.38. The molecule has 0 bridgehead atoms. The fourth-order valence-corrected chi connectivity index (χ4v) is 3.19. The third-order valence-corrected chi connectivity index (χ3v) is 4.76. The van der Waals surface area contributed by atoms with Gasteiger partial charge in [0.2, 0.25) is 10.0 Å². The lowest BCUT2D eigenvalue weighted by atomic mass is 10.1. The molecule has 1 amide bonds. The monoisotopic (exact) mass is 328 g/mol. The van der Waals surface area contributed by atoms with Gasteiger partial charge in [0.15, 0.2) is 6.10 Å². The molecule has 1 aromatic carbocycles. The molecule has 1 atom stereocenters. The van der Waals surface area contributed by atoms with Crippen molar-refractivity contribution in [2.45, 2.75) is 37.2 Å². The minimum atomic E-state index is -3.72. The summed E-state index contributed by atoms with van der Waals surface area (Å²) in [5.74, 6) is 0.195. The maximum absolute atomic E-state index is 12.0. The van der Waals surface area contributed by atoms with Crippen LogP contribution >= 0.6 is 0 Å². The molecule has 22 heavy (non-hydrogen) atoms. The lowest BCUT2D eigenvalue weighted by Gasteiger charge is -2.26. The first-order valence-corrected chi connectivity index (χ1v) is 8.68. The van der Waals surface area contributed by atoms with Gasteiger partial charge in [-0.25, -0.2) is 13.1 Å². The topological polar surface area (TPSA) is 105 Å². The summed E-state index contributed by atoms with van der Waals surface area (Å²) in [7, 11) is -3.72. The second kappa shape index (κ2) is 7.08. The van der Waals surface area contributed by atoms with Crippen molar-refractivity contribution in [2.75, 3.05) is 18.5 Å². The van der Waals surface area contributed by atoms with Crippen molar-refractivity contribution in [3.8, 4) is 5.75 Å². The van der Waals surface area contributed by atoms with Gasteiger partial charge in [-0.15, -0.1) is 0 Å². The molecule has 122 valence electrons. The second-order valence-electron chi connectivity index (χ2n) is 5.02. The van der Waals surface area contributed by atoms with E-state index in [1.807, 2.05) is 6.92 Å². The van der Waals surface area contributed by atoms with Crippen LogP contribution in [-0.2, 0) is 14.8 Å². The highest BCUT2D eigenvalue weighted by Gasteiger charge is 2.28. The summed E-state index contributed by atoms with van der Waals surface area (Å²) in [6.45, 7) is 1.68. The van der Waals surface area contributed by atoms with Gasteiger partial charge in [-0.05, 0) is 31.0 Å². The van der Waals surface area contributed by atoms with E-state index in [0.29, 0.717) is 17.9 Å². The van der Waals surface area contributed by atoms with Crippen molar-refractivity contribution in [1.29, 1.82) is 0 Å². The normalized spacial score (nSPS) is 17.5. The van der Waals surface area contributed by atoms with Gasteiger partial charge in [-0.1, -0.05) is 13.3 Å². The molecule has 1 aliphatic rings. The number of amides is 1. The molecule has 0 radical (unpaired) electrons. The van der Waals surface area contributed by atoms with Gasteiger partial charge in [-0.3, -0.25) is 4.79 Å². The summed E-state index contributed by atoms with van der Waals surface area (Å²) >= 11 is 0. The van der Waals surface area contributed by atoms with Gasteiger partial charge < -0.3 is 15.2 Å². The third-order valence-electron chi connectivity index (χ3n) is 3.30. The van der Waals surface area contributed by atoms with Crippen LogP contribution in [0.3, 0.4) is 0 Å². The Balaban J connectivity index is 2.20. The summed E-state index contributed by atoms with van der Waals surface area (Å²) in [5.41, 5.74) is 0.338. The van der Waals surface area contributed by atoms with Crippen LogP contribution in [0.2, 0.25) is 0 Å². The number of unbranched alkanes of at least 4 members (excludes halogenated alkanes) is 1. The number of rotatable bonds is 7. The summed E-state index contributed by atoms with van der Waals surface area (Å²) < 4.78 is 31.9. The second-order valence-corrected chi connectivity index (χ2v) is 6.78. The Labute approximate surface area is 129 Å². The predicted octanol–water partition coefficient (Wildman–Crippen LogP) is 0.847. The van der Waals surface area contributed by atoms with E-state index in [0.717, 1.165) is 12.8 Å². The van der Waals surface area contributed by atoms with Crippen LogP contribution in [0.4, 0.5) is 5.69 Å². The van der Waals surface area contributed by atoms with Gasteiger partial charge in [0.25, 0.3) is 5.91 Å². The number of aliphatic hydroxyl groups is 1. The molecular formula is C14H20N2O5S. The molecule has 1 aromatic rings. The molecular weight excluding hydrogens is 308 g/mol. The largest absolute Gasteiger partial charge is 0.478 e. The standard InChI is InChI=1S/C14H20N2O5S/c1-2-3-4-13-14(18)16-11-9-10(5-6-12(11)21-13)22(19,20)15-7-8-17/h5-6,9,13,15,17H,2-4,7-8H2,1H3,(H,16,18). The van der Waals surface area contributed by atoms with Crippen molar-refractivity contribution in [3.63, 3.8) is 0 Å². The highest BCUT2D eigenvalue weighted by atomic mass is 32.2. The van der Waals surface area contributed by atoms with Crippen molar-refractivity contribution >= 4 is 21.6 Å². The fourth-order valence-electron chi connectivity index (χ4n) is 2.14. The number of sulfonamides is 1. The van der Waals surface area contributed by atoms with Gasteiger partial charge in [-0.2, -0.15) is 0 Å². The highest BCUT2D eigenvalue weighted by Crippen LogP contribution is 2.32. The molecule has 8 heteroatoms. The molecule has 7 nitrogen and oxygen atoms in total. The van der Waals surface area contributed by atoms with E-state index in [1.54, 1.807) is 0 Å². The summed E-state index contributed by atoms with van der Waals surface area (Å²) in [6, 6.07) is 4.29. The van der Waals surface area contributed by atoms with Crippen LogP contribution in [-0.4, -0.2) is 38.7 Å². The fraction of sp³-hybridized carbons (Fsp3) is 0.500. The van der Waals surface area contributed by atoms with E-state index >= 15 is 0 Å². The molecule has 0 saturated carbocycles. The number of ether oxygens (including phenoxy) is 1. The molecule has 0 fully saturated rings. The molecule has 1 heterocycles. The Hall–Kier alpha value is -1.64. The van der Waals surface area contributed by atoms with Gasteiger partial charge in [0.1, 0.15) is 5.75 Å². The summed E-state index contributed by atoms with van der Waals surface area (Å²) in [5, 5.41) is 11.4. The average molecular weight is 328 g/mol. The maximum Gasteiger partial charge on any atom is 0.265 e. The zero-order valence-electron chi connectivity index (χ0n) is 12.3. The smallest absolute Gasteiger partial charge is 0.265 e. The van der Waals surface area contributed by atoms with E-state index in [4.69, 9.17) is 9.84 Å². The summed E-state index contributed by atoms with van der Waals surface area (Å²) in [6.07, 6.45) is 1.93. The maximum atomic E-state index is 12.0. The van der Waals surface area contributed by atoms with E-state index in [1.165, 1.54) is 18.2 Å². The van der Waals surface area contributed by atoms with Crippen LogP contribution in [0.15, 0.2) is 23.1 Å². The van der Waals surface area contributed by atoms with Crippen LogP contribution in [0.25, 0.3) is 0 Å². The number of hydrogen-bond acceptors (Lipinski definition) is 5. The molecule has 2 rings (SSSR count). The first-order valence-electron chi connectivity index (χ1n) is 7.20. The van der Waals surface area contributed by atoms with E-state index < -0.39 is 16.1 Å². The molecule has 3 N–H and O–H groups in total. The first kappa shape index (κ1) is 16.7. The van der Waals surface area contributed by atoms with Crippen LogP contribution in [0.1, 0.15) is 26.2 Å². The number of benzene rings is 1. The van der Waals surface area contributed by atoms with Gasteiger partial charge in [0.05, 0.1) is 17.2 Å². The number of hydrogen-bond donors (Lipinski definition) is 3. The zero-order valence-corrected chi connectivity index (χ0v) is 13.1. The van der Waals surface area contributed by atoms with Crippen molar-refractivity contribution in [1.82, 2.24) is 4.72 Å². The summed E-state index contributed by atoms with van der Waals surface area (Å²) in [4.78, 5) is 12.0. The van der Waals surface area contributed by atoms with E-state index in [2.05, 4.69) is 10.0 Å². The van der Waals surface area contributed by atoms with Crippen molar-refractivity contribution in [2.24, 2.45) is 0 Å². The molecule has 0 aromatic heterocycles. The quantitative estimate of drug-likeness (QED) is 0.688. The number of anilines is 1. The Morgan fingerprint density at radius 1 is 1.41 bits per heavy atom. The first-order chi connectivity index (χ1) is 10.5. The number of carbonyl (C=O) groups is 1. The third kappa shape index (κ3) is 3.76. The Morgan fingerprint density at radius 3 is 2.86 bits per heavy atom. The Bertz CT molecular complexity index is 645. The predicted molar refractivity (Wildman–Crippen MR) is 81.3 cm³/mol. The number of nitrogens with one attached hydrogen (secondary N) is 2. The Morgan fingerprint density at radius 2 is 2.18 bits per heavy atom. The lowest BCUT2D eigenvalue weighted by molar-refractivity contribution is -0.123. The number of fused-ring (bicyclic) bond motifs is 1. The molecule has 0 spiro atoms. The average Bonchev–Trinajstić information content (AvgIpc) is 2.50. The van der Waals surface area contributed by atoms with E-state index in [-0.39, 0.29) is 24.0 Å². The number of aliphatic hydroxyl groups excluding tert-OH is 1. The van der Waals surface area contributed by atoms with Crippen LogP contribution in [0, 0.1) is 0 Å². The van der Waals surface area contributed by atoms with Crippen molar-refractivity contribution in [3.05, 3.63) is 18.2 Å². The van der Waals surface area contributed by atoms with Gasteiger partial charge >= 0.3 is 0 Å². The highest BCUT2D eigenvalue weighted by molar-refractivity contribution is 7.89. The van der Waals surface area contributed by atoms with Crippen LogP contribution in [0.5, 0.6) is 5.75 Å². The van der Waals surface area contributed by atoms with E-state index in [9.17, 15) is 13.2 Å². The molecule has 1 unspecified atom stereocenters.